The van der Waals surface area contributed by atoms with Crippen LogP contribution < -0.4 is 4.74 Å². The van der Waals surface area contributed by atoms with Crippen LogP contribution in [0.3, 0.4) is 0 Å². The van der Waals surface area contributed by atoms with Gasteiger partial charge in [0.1, 0.15) is 5.75 Å². The molecule has 3 heteroatoms. The Kier molecular flexibility index (Phi) is 4.08. The number of aryl methyl sites for hydroxylation is 1. The average Bonchev–Trinajstić information content (AvgIpc) is 2.42. The molecule has 0 aliphatic rings. The van der Waals surface area contributed by atoms with E-state index in [1.165, 1.54) is 0 Å². The third kappa shape index (κ3) is 3.28. The molecule has 2 aromatic rings. The number of benzene rings is 2. The highest BCUT2D eigenvalue weighted by Gasteiger charge is 2.12. The quantitative estimate of drug-likeness (QED) is 0.621. The van der Waals surface area contributed by atoms with E-state index in [4.69, 9.17) is 4.74 Å². The summed E-state index contributed by atoms with van der Waals surface area (Å²) in [5.74, 6) is 0.0233. The summed E-state index contributed by atoms with van der Waals surface area (Å²) < 4.78 is 5.27. The highest BCUT2D eigenvalue weighted by Crippen LogP contribution is 2.16. The van der Waals surface area contributed by atoms with Crippen LogP contribution in [-0.4, -0.2) is 12.3 Å². The maximum Gasteiger partial charge on any atom is 0.343 e. The van der Waals surface area contributed by atoms with Gasteiger partial charge in [0.05, 0.1) is 5.56 Å². The van der Waals surface area contributed by atoms with Gasteiger partial charge in [-0.15, -0.1) is 0 Å². The molecule has 2 rings (SSSR count). The molecule has 0 unspecified atom stereocenters. The van der Waals surface area contributed by atoms with Gasteiger partial charge in [0.25, 0.3) is 0 Å². The molecule has 0 aliphatic heterocycles. The second kappa shape index (κ2) is 5.96. The summed E-state index contributed by atoms with van der Waals surface area (Å²) >= 11 is 0. The minimum atomic E-state index is -0.463. The highest BCUT2D eigenvalue weighted by molar-refractivity contribution is 5.93. The SMILES string of the molecule is Cc1ccc(OC(=O)c2ccccc2C[C]=O)cc1. The first kappa shape index (κ1) is 13.0. The van der Waals surface area contributed by atoms with Crippen molar-refractivity contribution in [2.45, 2.75) is 13.3 Å². The van der Waals surface area contributed by atoms with E-state index in [9.17, 15) is 9.59 Å². The lowest BCUT2D eigenvalue weighted by Crippen LogP contribution is -2.11. The van der Waals surface area contributed by atoms with Crippen LogP contribution in [0.15, 0.2) is 48.5 Å². The Morgan fingerprint density at radius 3 is 2.47 bits per heavy atom. The number of carbonyl (C=O) groups is 1. The van der Waals surface area contributed by atoms with Crippen LogP contribution in [0.2, 0.25) is 0 Å². The van der Waals surface area contributed by atoms with Crippen molar-refractivity contribution in [2.24, 2.45) is 0 Å². The summed E-state index contributed by atoms with van der Waals surface area (Å²) in [4.78, 5) is 22.5. The van der Waals surface area contributed by atoms with Gasteiger partial charge < -0.3 is 4.74 Å². The summed E-state index contributed by atoms with van der Waals surface area (Å²) in [7, 11) is 0. The van der Waals surface area contributed by atoms with Gasteiger partial charge in [-0.25, -0.2) is 4.79 Å². The molecule has 95 valence electrons. The molecule has 0 saturated heterocycles. The highest BCUT2D eigenvalue weighted by atomic mass is 16.5. The smallest absolute Gasteiger partial charge is 0.343 e. The minimum Gasteiger partial charge on any atom is -0.423 e. The first-order valence-corrected chi connectivity index (χ1v) is 5.92. The summed E-state index contributed by atoms with van der Waals surface area (Å²) in [6.07, 6.45) is 1.88. The van der Waals surface area contributed by atoms with E-state index >= 15 is 0 Å². The van der Waals surface area contributed by atoms with Gasteiger partial charge >= 0.3 is 5.97 Å². The lowest BCUT2D eigenvalue weighted by atomic mass is 10.1. The first-order valence-electron chi connectivity index (χ1n) is 5.92. The molecule has 1 radical (unpaired) electrons. The zero-order chi connectivity index (χ0) is 13.7. The number of carbonyl (C=O) groups excluding carboxylic acids is 2. The molecule has 0 N–H and O–H groups in total. The second-order valence-electron chi connectivity index (χ2n) is 4.18. The van der Waals surface area contributed by atoms with Crippen LogP contribution in [0.4, 0.5) is 0 Å². The molecule has 19 heavy (non-hydrogen) atoms. The van der Waals surface area contributed by atoms with Crippen molar-refractivity contribution < 1.29 is 14.3 Å². The Morgan fingerprint density at radius 2 is 1.79 bits per heavy atom. The van der Waals surface area contributed by atoms with Gasteiger partial charge in [-0.2, -0.15) is 0 Å². The Balaban J connectivity index is 2.20. The van der Waals surface area contributed by atoms with Gasteiger partial charge in [-0.1, -0.05) is 35.9 Å². The average molecular weight is 253 g/mol. The minimum absolute atomic E-state index is 0.0825. The van der Waals surface area contributed by atoms with Crippen LogP contribution in [0.1, 0.15) is 21.5 Å². The normalized spacial score (nSPS) is 9.95. The molecule has 2 aromatic carbocycles. The van der Waals surface area contributed by atoms with E-state index in [1.807, 2.05) is 19.1 Å². The van der Waals surface area contributed by atoms with Gasteiger partial charge in [-0.05, 0) is 30.7 Å². The third-order valence-electron chi connectivity index (χ3n) is 2.73. The van der Waals surface area contributed by atoms with E-state index in [-0.39, 0.29) is 6.42 Å². The first-order chi connectivity index (χ1) is 9.20. The predicted molar refractivity (Wildman–Crippen MR) is 72.0 cm³/mol. The molecule has 0 spiro atoms. The van der Waals surface area contributed by atoms with Crippen molar-refractivity contribution in [1.29, 1.82) is 0 Å². The molecular formula is C16H13O3. The topological polar surface area (TPSA) is 43.4 Å². The van der Waals surface area contributed by atoms with Crippen LogP contribution in [0.5, 0.6) is 5.75 Å². The molecule has 0 atom stereocenters. The maximum atomic E-state index is 12.0. The van der Waals surface area contributed by atoms with Crippen molar-refractivity contribution in [1.82, 2.24) is 0 Å². The maximum absolute atomic E-state index is 12.0. The lowest BCUT2D eigenvalue weighted by Gasteiger charge is -2.07. The van der Waals surface area contributed by atoms with E-state index in [0.29, 0.717) is 16.9 Å². The van der Waals surface area contributed by atoms with Gasteiger partial charge in [0, 0.05) is 6.42 Å². The molecule has 0 aliphatic carbocycles. The summed E-state index contributed by atoms with van der Waals surface area (Å²) in [5.41, 5.74) is 2.11. The standard InChI is InChI=1S/C16H13O3/c1-12-6-8-14(9-7-12)19-16(18)15-5-3-2-4-13(15)10-11-17/h2-9H,10H2,1H3. The second-order valence-corrected chi connectivity index (χ2v) is 4.18. The number of hydrogen-bond donors (Lipinski definition) is 0. The van der Waals surface area contributed by atoms with Gasteiger partial charge in [0.2, 0.25) is 6.29 Å². The molecular weight excluding hydrogens is 240 g/mol. The Morgan fingerprint density at radius 1 is 1.11 bits per heavy atom. The number of rotatable bonds is 4. The van der Waals surface area contributed by atoms with Gasteiger partial charge in [0.15, 0.2) is 0 Å². The van der Waals surface area contributed by atoms with E-state index in [0.717, 1.165) is 5.56 Å². The van der Waals surface area contributed by atoms with Gasteiger partial charge in [-0.3, -0.25) is 4.79 Å². The zero-order valence-corrected chi connectivity index (χ0v) is 10.6. The fraction of sp³-hybridized carbons (Fsp3) is 0.125. The number of ether oxygens (including phenoxy) is 1. The van der Waals surface area contributed by atoms with Crippen molar-refractivity contribution >= 4 is 12.3 Å². The fourth-order valence-electron chi connectivity index (χ4n) is 1.72. The Bertz CT molecular complexity index is 585. The van der Waals surface area contributed by atoms with Crippen molar-refractivity contribution in [3.8, 4) is 5.75 Å². The Hall–Kier alpha value is -2.42. The molecule has 0 heterocycles. The van der Waals surface area contributed by atoms with Crippen molar-refractivity contribution in [2.75, 3.05) is 0 Å². The van der Waals surface area contributed by atoms with Crippen LogP contribution in [0.25, 0.3) is 0 Å². The largest absolute Gasteiger partial charge is 0.423 e. The predicted octanol–water partition coefficient (Wildman–Crippen LogP) is 2.87. The molecule has 0 aromatic heterocycles. The molecule has 0 saturated carbocycles. The van der Waals surface area contributed by atoms with E-state index < -0.39 is 5.97 Å². The Labute approximate surface area is 111 Å². The summed E-state index contributed by atoms with van der Waals surface area (Å²) in [6.45, 7) is 1.96. The monoisotopic (exact) mass is 253 g/mol. The number of esters is 1. The summed E-state index contributed by atoms with van der Waals surface area (Å²) in [5, 5.41) is 0. The van der Waals surface area contributed by atoms with Crippen LogP contribution >= 0.6 is 0 Å². The zero-order valence-electron chi connectivity index (χ0n) is 10.6. The molecule has 0 bridgehead atoms. The number of hydrogen-bond acceptors (Lipinski definition) is 3. The third-order valence-corrected chi connectivity index (χ3v) is 2.73. The van der Waals surface area contributed by atoms with Crippen molar-refractivity contribution in [3.63, 3.8) is 0 Å². The van der Waals surface area contributed by atoms with Crippen LogP contribution in [0, 0.1) is 6.92 Å². The fourth-order valence-corrected chi connectivity index (χ4v) is 1.72. The molecule has 3 nitrogen and oxygen atoms in total. The van der Waals surface area contributed by atoms with Crippen molar-refractivity contribution in [3.05, 3.63) is 65.2 Å². The lowest BCUT2D eigenvalue weighted by molar-refractivity contribution is 0.0734. The van der Waals surface area contributed by atoms with Crippen LogP contribution in [-0.2, 0) is 11.2 Å². The molecule has 0 amide bonds. The molecule has 0 fully saturated rings. The summed E-state index contributed by atoms with van der Waals surface area (Å²) in [6, 6.07) is 14.1. The van der Waals surface area contributed by atoms with E-state index in [2.05, 4.69) is 0 Å². The van der Waals surface area contributed by atoms with E-state index in [1.54, 1.807) is 42.7 Å².